The molecule has 2 aromatic rings. The van der Waals surface area contributed by atoms with Crippen LogP contribution in [0, 0.1) is 11.7 Å². The van der Waals surface area contributed by atoms with Gasteiger partial charge in [-0.25, -0.2) is 22.5 Å². The second-order valence-electron chi connectivity index (χ2n) is 8.76. The first-order valence-corrected chi connectivity index (χ1v) is 13.2. The predicted molar refractivity (Wildman–Crippen MR) is 121 cm³/mol. The molecule has 1 aromatic carbocycles. The Morgan fingerprint density at radius 3 is 2.70 bits per heavy atom. The first-order valence-electron chi connectivity index (χ1n) is 10.9. The van der Waals surface area contributed by atoms with Crippen molar-refractivity contribution in [3.8, 4) is 11.3 Å². The number of hydrogen-bond acceptors (Lipinski definition) is 5. The zero-order chi connectivity index (χ0) is 21.3. The fourth-order valence-corrected chi connectivity index (χ4v) is 6.32. The Morgan fingerprint density at radius 2 is 1.97 bits per heavy atom. The summed E-state index contributed by atoms with van der Waals surface area (Å²) in [4.78, 5) is 6.04. The SMILES string of the molecule is CC(C)S(=O)(=O)N[C@H]1CC[C@H](CNc2nc3c(s2)CCCc2ccc(F)cc2-3)CC1. The first-order chi connectivity index (χ1) is 14.3. The highest BCUT2D eigenvalue weighted by atomic mass is 32.2. The summed E-state index contributed by atoms with van der Waals surface area (Å²) in [6.45, 7) is 4.26. The van der Waals surface area contributed by atoms with Crippen LogP contribution < -0.4 is 10.0 Å². The molecule has 164 valence electrons. The molecule has 2 aliphatic rings. The molecule has 0 atom stereocenters. The summed E-state index contributed by atoms with van der Waals surface area (Å²) in [5.74, 6) is 0.298. The Morgan fingerprint density at radius 1 is 1.20 bits per heavy atom. The van der Waals surface area contributed by atoms with Gasteiger partial charge in [-0.3, -0.25) is 0 Å². The number of nitrogens with one attached hydrogen (secondary N) is 2. The lowest BCUT2D eigenvalue weighted by Gasteiger charge is -2.29. The van der Waals surface area contributed by atoms with Gasteiger partial charge in [0.2, 0.25) is 10.0 Å². The maximum absolute atomic E-state index is 13.8. The van der Waals surface area contributed by atoms with Crippen molar-refractivity contribution in [3.63, 3.8) is 0 Å². The minimum atomic E-state index is -3.20. The molecule has 2 aliphatic carbocycles. The van der Waals surface area contributed by atoms with Gasteiger partial charge in [-0.1, -0.05) is 6.07 Å². The molecule has 0 saturated heterocycles. The minimum Gasteiger partial charge on any atom is -0.361 e. The number of aromatic nitrogens is 1. The molecular formula is C22H30FN3O2S2. The van der Waals surface area contributed by atoms with Gasteiger partial charge in [0.05, 0.1) is 10.9 Å². The average Bonchev–Trinajstić information content (AvgIpc) is 3.03. The topological polar surface area (TPSA) is 71.1 Å². The zero-order valence-corrected chi connectivity index (χ0v) is 19.2. The van der Waals surface area contributed by atoms with Gasteiger partial charge in [-0.2, -0.15) is 0 Å². The number of hydrogen-bond donors (Lipinski definition) is 2. The van der Waals surface area contributed by atoms with Crippen molar-refractivity contribution in [1.29, 1.82) is 0 Å². The van der Waals surface area contributed by atoms with E-state index in [9.17, 15) is 12.8 Å². The summed E-state index contributed by atoms with van der Waals surface area (Å²) in [6.07, 6.45) is 6.74. The number of anilines is 1. The lowest BCUT2D eigenvalue weighted by molar-refractivity contribution is 0.323. The molecule has 4 rings (SSSR count). The molecule has 0 unspecified atom stereocenters. The molecular weight excluding hydrogens is 421 g/mol. The van der Waals surface area contributed by atoms with E-state index < -0.39 is 15.3 Å². The van der Waals surface area contributed by atoms with Gasteiger partial charge in [-0.15, -0.1) is 11.3 Å². The summed E-state index contributed by atoms with van der Waals surface area (Å²) in [6, 6.07) is 5.09. The van der Waals surface area contributed by atoms with Crippen molar-refractivity contribution < 1.29 is 12.8 Å². The number of halogens is 1. The van der Waals surface area contributed by atoms with Crippen LogP contribution in [0.15, 0.2) is 18.2 Å². The van der Waals surface area contributed by atoms with Crippen LogP contribution in [0.5, 0.6) is 0 Å². The van der Waals surface area contributed by atoms with Crippen molar-refractivity contribution in [2.24, 2.45) is 5.92 Å². The van der Waals surface area contributed by atoms with E-state index in [2.05, 4.69) is 10.0 Å². The van der Waals surface area contributed by atoms with Gasteiger partial charge in [0, 0.05) is 23.0 Å². The number of thiazole rings is 1. The van der Waals surface area contributed by atoms with Crippen molar-refractivity contribution in [3.05, 3.63) is 34.5 Å². The molecule has 0 radical (unpaired) electrons. The number of sulfonamides is 1. The molecule has 0 amide bonds. The van der Waals surface area contributed by atoms with Crippen LogP contribution in [0.4, 0.5) is 9.52 Å². The third kappa shape index (κ3) is 4.86. The van der Waals surface area contributed by atoms with Gasteiger partial charge < -0.3 is 5.32 Å². The Bertz CT molecular complexity index is 996. The quantitative estimate of drug-likeness (QED) is 0.666. The van der Waals surface area contributed by atoms with E-state index in [1.807, 2.05) is 6.07 Å². The third-order valence-electron chi connectivity index (χ3n) is 6.21. The molecule has 0 bridgehead atoms. The van der Waals surface area contributed by atoms with Crippen molar-refractivity contribution in [2.45, 2.75) is 70.1 Å². The van der Waals surface area contributed by atoms with Crippen LogP contribution in [0.25, 0.3) is 11.3 Å². The fraction of sp³-hybridized carbons (Fsp3) is 0.591. The summed E-state index contributed by atoms with van der Waals surface area (Å²) < 4.78 is 40.8. The number of aryl methyl sites for hydroxylation is 2. The molecule has 0 spiro atoms. The molecule has 5 nitrogen and oxygen atoms in total. The predicted octanol–water partition coefficient (Wildman–Crippen LogP) is 4.74. The highest BCUT2D eigenvalue weighted by Crippen LogP contribution is 2.38. The second-order valence-corrected chi connectivity index (χ2v) is 12.1. The summed E-state index contributed by atoms with van der Waals surface area (Å²) in [5, 5.41) is 4.00. The Kier molecular flexibility index (Phi) is 6.46. The van der Waals surface area contributed by atoms with Gasteiger partial charge in [0.1, 0.15) is 5.82 Å². The molecule has 8 heteroatoms. The summed E-state index contributed by atoms with van der Waals surface area (Å²) in [7, 11) is -3.20. The molecule has 1 fully saturated rings. The molecule has 1 heterocycles. The maximum Gasteiger partial charge on any atom is 0.214 e. The van der Waals surface area contributed by atoms with Crippen molar-refractivity contribution in [2.75, 3.05) is 11.9 Å². The van der Waals surface area contributed by atoms with Gasteiger partial charge in [0.25, 0.3) is 0 Å². The van der Waals surface area contributed by atoms with Crippen LogP contribution in [-0.4, -0.2) is 31.2 Å². The monoisotopic (exact) mass is 451 g/mol. The fourth-order valence-electron chi connectivity index (χ4n) is 4.32. The summed E-state index contributed by atoms with van der Waals surface area (Å²) in [5.41, 5.74) is 3.04. The zero-order valence-electron chi connectivity index (χ0n) is 17.6. The van der Waals surface area contributed by atoms with Crippen LogP contribution in [0.1, 0.15) is 56.4 Å². The van der Waals surface area contributed by atoms with Gasteiger partial charge >= 0.3 is 0 Å². The van der Waals surface area contributed by atoms with Crippen LogP contribution in [0.3, 0.4) is 0 Å². The van der Waals surface area contributed by atoms with E-state index >= 15 is 0 Å². The van der Waals surface area contributed by atoms with E-state index in [0.29, 0.717) is 5.92 Å². The lowest BCUT2D eigenvalue weighted by atomic mass is 9.86. The first kappa shape index (κ1) is 21.7. The molecule has 30 heavy (non-hydrogen) atoms. The van der Waals surface area contributed by atoms with Gasteiger partial charge in [0.15, 0.2) is 5.13 Å². The van der Waals surface area contributed by atoms with E-state index in [4.69, 9.17) is 4.98 Å². The van der Waals surface area contributed by atoms with Crippen LogP contribution in [0.2, 0.25) is 0 Å². The molecule has 2 N–H and O–H groups in total. The molecule has 1 saturated carbocycles. The van der Waals surface area contributed by atoms with Gasteiger partial charge in [-0.05, 0) is 82.4 Å². The van der Waals surface area contributed by atoms with Crippen molar-refractivity contribution >= 4 is 26.5 Å². The standard InChI is InChI=1S/C22H30FN3O2S2/c1-14(2)30(27,28)26-18-10-6-15(7-11-18)13-24-22-25-21-19-12-17(23)9-8-16(19)4-3-5-20(21)29-22/h8-9,12,14-15,18,26H,3-7,10-11,13H2,1-2H3,(H,24,25)/t15-,18-. The highest BCUT2D eigenvalue weighted by molar-refractivity contribution is 7.90. The Labute approximate surface area is 182 Å². The number of fused-ring (bicyclic) bond motifs is 3. The molecule has 1 aromatic heterocycles. The number of rotatable bonds is 6. The van der Waals surface area contributed by atoms with E-state index in [1.54, 1.807) is 31.3 Å². The number of nitrogens with zero attached hydrogens (tertiary/aromatic N) is 1. The number of benzene rings is 1. The Balaban J connectivity index is 1.35. The normalized spacial score (nSPS) is 21.7. The Hall–Kier alpha value is -1.51. The van der Waals surface area contributed by atoms with E-state index in [0.717, 1.165) is 67.9 Å². The average molecular weight is 452 g/mol. The summed E-state index contributed by atoms with van der Waals surface area (Å²) >= 11 is 1.68. The third-order valence-corrected chi connectivity index (χ3v) is 9.19. The smallest absolute Gasteiger partial charge is 0.214 e. The second kappa shape index (κ2) is 8.93. The van der Waals surface area contributed by atoms with Crippen LogP contribution >= 0.6 is 11.3 Å². The largest absolute Gasteiger partial charge is 0.361 e. The molecule has 0 aliphatic heterocycles. The lowest BCUT2D eigenvalue weighted by Crippen LogP contribution is -2.41. The minimum absolute atomic E-state index is 0.0518. The highest BCUT2D eigenvalue weighted by Gasteiger charge is 2.27. The van der Waals surface area contributed by atoms with E-state index in [1.165, 1.54) is 16.5 Å². The van der Waals surface area contributed by atoms with Crippen LogP contribution in [-0.2, 0) is 22.9 Å². The van der Waals surface area contributed by atoms with Crippen molar-refractivity contribution in [1.82, 2.24) is 9.71 Å². The maximum atomic E-state index is 13.8. The van der Waals surface area contributed by atoms with E-state index in [-0.39, 0.29) is 11.9 Å².